The fourth-order valence-electron chi connectivity index (χ4n) is 4.84. The van der Waals surface area contributed by atoms with Gasteiger partial charge in [0.15, 0.2) is 23.0 Å². The lowest BCUT2D eigenvalue weighted by molar-refractivity contribution is -0.141. The molecular weight excluding hydrogens is 376 g/mol. The van der Waals surface area contributed by atoms with E-state index in [1.807, 2.05) is 24.3 Å². The molecule has 0 bridgehead atoms. The van der Waals surface area contributed by atoms with Gasteiger partial charge in [0.05, 0.1) is 33.9 Å². The first-order valence-corrected chi connectivity index (χ1v) is 9.54. The van der Waals surface area contributed by atoms with Gasteiger partial charge in [-0.25, -0.2) is 0 Å². The van der Waals surface area contributed by atoms with Crippen LogP contribution in [-0.4, -0.2) is 40.7 Å². The molecule has 2 heterocycles. The highest BCUT2D eigenvalue weighted by Gasteiger charge is 2.49. The number of carbonyl (C=O) groups excluding carboxylic acids is 1. The molecule has 0 amide bonds. The van der Waals surface area contributed by atoms with Gasteiger partial charge in [0.25, 0.3) is 0 Å². The SMILES string of the molecule is COc1ccc([C@@H]2c3cc4c(c(OC)c3C[C@H]3COC(=O)[C@@H]32)OCO4)cc1OC. The fraction of sp³-hybridized carbons (Fsp3) is 0.409. The van der Waals surface area contributed by atoms with Crippen LogP contribution in [0.2, 0.25) is 0 Å². The highest BCUT2D eigenvalue weighted by Crippen LogP contribution is 2.55. The quantitative estimate of drug-likeness (QED) is 0.733. The van der Waals surface area contributed by atoms with Gasteiger partial charge in [0.2, 0.25) is 12.5 Å². The average molecular weight is 398 g/mol. The van der Waals surface area contributed by atoms with E-state index in [1.165, 1.54) is 0 Å². The van der Waals surface area contributed by atoms with Gasteiger partial charge in [0, 0.05) is 17.4 Å². The number of hydrogen-bond acceptors (Lipinski definition) is 7. The monoisotopic (exact) mass is 398 g/mol. The van der Waals surface area contributed by atoms with E-state index in [-0.39, 0.29) is 30.5 Å². The lowest BCUT2D eigenvalue weighted by Gasteiger charge is -2.34. The Labute approximate surface area is 168 Å². The molecule has 1 aliphatic carbocycles. The minimum Gasteiger partial charge on any atom is -0.493 e. The van der Waals surface area contributed by atoms with Crippen molar-refractivity contribution in [3.63, 3.8) is 0 Å². The number of methoxy groups -OCH3 is 3. The van der Waals surface area contributed by atoms with E-state index < -0.39 is 0 Å². The van der Waals surface area contributed by atoms with Crippen LogP contribution in [0.5, 0.6) is 28.7 Å². The van der Waals surface area contributed by atoms with Crippen molar-refractivity contribution in [1.29, 1.82) is 0 Å². The largest absolute Gasteiger partial charge is 0.493 e. The Morgan fingerprint density at radius 1 is 0.966 bits per heavy atom. The van der Waals surface area contributed by atoms with E-state index in [9.17, 15) is 4.79 Å². The van der Waals surface area contributed by atoms with Gasteiger partial charge in [0.1, 0.15) is 0 Å². The zero-order valence-corrected chi connectivity index (χ0v) is 16.5. The lowest BCUT2D eigenvalue weighted by Crippen LogP contribution is -2.31. The molecule has 0 aromatic heterocycles. The summed E-state index contributed by atoms with van der Waals surface area (Å²) in [7, 11) is 4.83. The van der Waals surface area contributed by atoms with Gasteiger partial charge in [-0.15, -0.1) is 0 Å². The Bertz CT molecular complexity index is 984. The zero-order valence-electron chi connectivity index (χ0n) is 16.5. The van der Waals surface area contributed by atoms with Crippen LogP contribution in [0, 0.1) is 11.8 Å². The molecule has 2 aromatic rings. The first-order valence-electron chi connectivity index (χ1n) is 9.54. The summed E-state index contributed by atoms with van der Waals surface area (Å²) < 4.78 is 33.4. The summed E-state index contributed by atoms with van der Waals surface area (Å²) in [6.07, 6.45) is 0.690. The highest BCUT2D eigenvalue weighted by molar-refractivity contribution is 5.79. The third kappa shape index (κ3) is 2.60. The molecule has 3 aliphatic rings. The Morgan fingerprint density at radius 2 is 1.79 bits per heavy atom. The number of carbonyl (C=O) groups is 1. The van der Waals surface area contributed by atoms with Crippen molar-refractivity contribution >= 4 is 5.97 Å². The van der Waals surface area contributed by atoms with E-state index in [1.54, 1.807) is 21.3 Å². The van der Waals surface area contributed by atoms with E-state index in [2.05, 4.69) is 0 Å². The highest BCUT2D eigenvalue weighted by atomic mass is 16.7. The van der Waals surface area contributed by atoms with Crippen LogP contribution in [-0.2, 0) is 16.0 Å². The van der Waals surface area contributed by atoms with Crippen LogP contribution in [0.1, 0.15) is 22.6 Å². The molecule has 0 N–H and O–H groups in total. The van der Waals surface area contributed by atoms with Crippen molar-refractivity contribution in [2.75, 3.05) is 34.7 Å². The molecule has 7 nitrogen and oxygen atoms in total. The molecule has 0 saturated carbocycles. The molecule has 5 rings (SSSR count). The Hall–Kier alpha value is -3.09. The van der Waals surface area contributed by atoms with Crippen molar-refractivity contribution in [3.8, 4) is 28.7 Å². The number of hydrogen-bond donors (Lipinski definition) is 0. The van der Waals surface area contributed by atoms with E-state index >= 15 is 0 Å². The van der Waals surface area contributed by atoms with Gasteiger partial charge in [-0.3, -0.25) is 4.79 Å². The molecular formula is C22H22O7. The molecule has 0 radical (unpaired) electrons. The van der Waals surface area contributed by atoms with Gasteiger partial charge >= 0.3 is 5.97 Å². The minimum atomic E-state index is -0.273. The molecule has 2 aromatic carbocycles. The molecule has 29 heavy (non-hydrogen) atoms. The summed E-state index contributed by atoms with van der Waals surface area (Å²) in [5.74, 6) is 2.62. The molecule has 0 spiro atoms. The standard InChI is InChI=1S/C22H22O7/c1-24-15-5-4-11(7-16(15)25-2)18-13-8-17-21(29-10-28-17)20(26-3)14(13)6-12-9-27-22(23)19(12)18/h4-5,7-8,12,18-19H,6,9-10H2,1-3H3/t12-,18+,19-/m0/s1. The normalized spacial score (nSPS) is 23.8. The molecule has 2 aliphatic heterocycles. The molecule has 152 valence electrons. The predicted molar refractivity (Wildman–Crippen MR) is 102 cm³/mol. The molecule has 1 fully saturated rings. The van der Waals surface area contributed by atoms with E-state index in [4.69, 9.17) is 28.4 Å². The second-order valence-corrected chi connectivity index (χ2v) is 7.42. The summed E-state index contributed by atoms with van der Waals surface area (Å²) in [6, 6.07) is 7.74. The van der Waals surface area contributed by atoms with Gasteiger partial charge < -0.3 is 28.4 Å². The Balaban J connectivity index is 1.73. The first-order chi connectivity index (χ1) is 14.2. The van der Waals surface area contributed by atoms with E-state index in [0.717, 1.165) is 16.7 Å². The summed E-state index contributed by atoms with van der Waals surface area (Å²) in [4.78, 5) is 12.7. The minimum absolute atomic E-state index is 0.0716. The third-order valence-electron chi connectivity index (χ3n) is 6.11. The van der Waals surface area contributed by atoms with Crippen molar-refractivity contribution in [2.45, 2.75) is 12.3 Å². The van der Waals surface area contributed by atoms with Crippen LogP contribution in [0.3, 0.4) is 0 Å². The third-order valence-corrected chi connectivity index (χ3v) is 6.11. The average Bonchev–Trinajstić information content (AvgIpc) is 3.36. The maximum absolute atomic E-state index is 12.7. The molecule has 0 unspecified atom stereocenters. The Morgan fingerprint density at radius 3 is 2.55 bits per heavy atom. The van der Waals surface area contributed by atoms with Crippen LogP contribution in [0.15, 0.2) is 24.3 Å². The van der Waals surface area contributed by atoms with Crippen molar-refractivity contribution in [3.05, 3.63) is 41.0 Å². The summed E-state index contributed by atoms with van der Waals surface area (Å²) >= 11 is 0. The summed E-state index contributed by atoms with van der Waals surface area (Å²) in [5.41, 5.74) is 2.99. The molecule has 7 heteroatoms. The maximum Gasteiger partial charge on any atom is 0.310 e. The van der Waals surface area contributed by atoms with Crippen molar-refractivity contribution in [2.24, 2.45) is 11.8 Å². The number of cyclic esters (lactones) is 1. The van der Waals surface area contributed by atoms with Gasteiger partial charge in [-0.2, -0.15) is 0 Å². The van der Waals surface area contributed by atoms with Crippen molar-refractivity contribution in [1.82, 2.24) is 0 Å². The smallest absolute Gasteiger partial charge is 0.310 e. The summed E-state index contributed by atoms with van der Waals surface area (Å²) in [6.45, 7) is 0.564. The fourth-order valence-corrected chi connectivity index (χ4v) is 4.84. The van der Waals surface area contributed by atoms with Gasteiger partial charge in [-0.1, -0.05) is 6.07 Å². The molecule has 3 atom stereocenters. The van der Waals surface area contributed by atoms with E-state index in [0.29, 0.717) is 41.8 Å². The second-order valence-electron chi connectivity index (χ2n) is 7.42. The summed E-state index contributed by atoms with van der Waals surface area (Å²) in [5, 5.41) is 0. The van der Waals surface area contributed by atoms with Crippen LogP contribution >= 0.6 is 0 Å². The lowest BCUT2D eigenvalue weighted by atomic mass is 9.67. The number of fused-ring (bicyclic) bond motifs is 3. The molecule has 1 saturated heterocycles. The topological polar surface area (TPSA) is 72.5 Å². The van der Waals surface area contributed by atoms with Crippen LogP contribution < -0.4 is 23.7 Å². The zero-order chi connectivity index (χ0) is 20.1. The number of ether oxygens (including phenoxy) is 6. The number of benzene rings is 2. The first kappa shape index (κ1) is 18.0. The number of rotatable bonds is 4. The van der Waals surface area contributed by atoms with Crippen LogP contribution in [0.4, 0.5) is 0 Å². The van der Waals surface area contributed by atoms with Gasteiger partial charge in [-0.05, 0) is 35.7 Å². The van der Waals surface area contributed by atoms with Crippen molar-refractivity contribution < 1.29 is 33.2 Å². The number of esters is 1. The second kappa shape index (κ2) is 6.76. The maximum atomic E-state index is 12.7. The Kier molecular flexibility index (Phi) is 4.19. The van der Waals surface area contributed by atoms with Crippen LogP contribution in [0.25, 0.3) is 0 Å². The predicted octanol–water partition coefficient (Wildman–Crippen LogP) is 2.92.